The lowest BCUT2D eigenvalue weighted by atomic mass is 9.39. The second-order valence-corrected chi connectivity index (χ2v) is 13.5. The van der Waals surface area contributed by atoms with Crippen LogP contribution >= 0.6 is 0 Å². The van der Waals surface area contributed by atoms with Crippen LogP contribution in [0.15, 0.2) is 65.0 Å². The third kappa shape index (κ3) is 4.68. The fourth-order valence-electron chi connectivity index (χ4n) is 9.19. The molecule has 0 amide bonds. The number of methoxy groups -OCH3 is 1. The summed E-state index contributed by atoms with van der Waals surface area (Å²) in [5, 5.41) is 0. The maximum absolute atomic E-state index is 13.5. The summed E-state index contributed by atoms with van der Waals surface area (Å²) in [4.78, 5) is 13.5. The van der Waals surface area contributed by atoms with Crippen molar-refractivity contribution < 1.29 is 18.7 Å². The van der Waals surface area contributed by atoms with Crippen LogP contribution in [0.2, 0.25) is 0 Å². The lowest BCUT2D eigenvalue weighted by Crippen LogP contribution is -2.57. The van der Waals surface area contributed by atoms with Crippen LogP contribution in [0.3, 0.4) is 0 Å². The molecule has 2 aromatic rings. The number of esters is 1. The van der Waals surface area contributed by atoms with Crippen molar-refractivity contribution in [3.63, 3.8) is 0 Å². The predicted octanol–water partition coefficient (Wildman–Crippen LogP) is 8.86. The first kappa shape index (κ1) is 27.2. The van der Waals surface area contributed by atoms with Gasteiger partial charge in [-0.25, -0.2) is 4.79 Å². The molecule has 0 bridgehead atoms. The molecule has 0 radical (unpaired) electrons. The van der Waals surface area contributed by atoms with Crippen molar-refractivity contribution >= 4 is 5.97 Å². The molecular weight excluding hydrogens is 472 g/mol. The number of hydrogen-bond acceptors (Lipinski definition) is 4. The van der Waals surface area contributed by atoms with E-state index < -0.39 is 6.10 Å². The number of ether oxygens (including phenoxy) is 2. The molecule has 0 N–H and O–H groups in total. The van der Waals surface area contributed by atoms with Crippen molar-refractivity contribution in [2.24, 2.45) is 34.0 Å². The summed E-state index contributed by atoms with van der Waals surface area (Å²) in [6.45, 7) is 12.4. The zero-order valence-corrected chi connectivity index (χ0v) is 24.2. The Kier molecular flexibility index (Phi) is 7.41. The van der Waals surface area contributed by atoms with Gasteiger partial charge in [0.05, 0.1) is 12.5 Å². The minimum atomic E-state index is -0.754. The fraction of sp³-hybridized carbons (Fsp3) is 0.618. The van der Waals surface area contributed by atoms with Crippen LogP contribution in [-0.2, 0) is 14.3 Å². The standard InChI is InChI=1S/C34H46O4/c1-23-13-14-29-33(4,19-15-28-32(2,3)17-10-18-34(28,29)5)26(23)21-27(25-16-20-37-22-25)38-31(35)30(36-6)24-11-8-7-9-12-24/h7-9,11-13,16,20,22,26-30H,10,14-15,17-19,21H2,1-6H3/t26-,27-,28+,29+,30+,33+,34+/m1/s1. The summed E-state index contributed by atoms with van der Waals surface area (Å²) in [6, 6.07) is 11.5. The average Bonchev–Trinajstić information content (AvgIpc) is 3.41. The number of carbonyl (C=O) groups is 1. The Bertz CT molecular complexity index is 1130. The van der Waals surface area contributed by atoms with E-state index in [1.165, 1.54) is 37.7 Å². The van der Waals surface area contributed by atoms with Gasteiger partial charge >= 0.3 is 5.97 Å². The Balaban J connectivity index is 1.44. The molecule has 5 rings (SSSR count). The van der Waals surface area contributed by atoms with Gasteiger partial charge in [0.25, 0.3) is 0 Å². The Morgan fingerprint density at radius 2 is 1.76 bits per heavy atom. The van der Waals surface area contributed by atoms with Gasteiger partial charge in [-0.15, -0.1) is 0 Å². The number of hydrogen-bond donors (Lipinski definition) is 0. The molecule has 4 nitrogen and oxygen atoms in total. The quantitative estimate of drug-likeness (QED) is 0.271. The van der Waals surface area contributed by atoms with Crippen LogP contribution in [0.4, 0.5) is 0 Å². The Labute approximate surface area is 229 Å². The van der Waals surface area contributed by atoms with Crippen LogP contribution in [0.25, 0.3) is 0 Å². The van der Waals surface area contributed by atoms with E-state index in [0.717, 1.165) is 29.9 Å². The number of furan rings is 1. The molecule has 206 valence electrons. The van der Waals surface area contributed by atoms with Crippen LogP contribution in [0.1, 0.15) is 103 Å². The minimum Gasteiger partial charge on any atom is -0.472 e. The highest BCUT2D eigenvalue weighted by molar-refractivity contribution is 5.76. The predicted molar refractivity (Wildman–Crippen MR) is 150 cm³/mol. The average molecular weight is 519 g/mol. The molecule has 0 saturated heterocycles. The van der Waals surface area contributed by atoms with E-state index >= 15 is 0 Å². The SMILES string of the molecule is CO[C@H](C(=O)O[C@H](C[C@@H]1C(C)=CC[C@H]2[C@@]1(C)CC[C@H]1C(C)(C)CCC[C@]21C)c1ccoc1)c1ccccc1. The van der Waals surface area contributed by atoms with Gasteiger partial charge in [-0.1, -0.05) is 76.1 Å². The van der Waals surface area contributed by atoms with Crippen molar-refractivity contribution in [3.05, 3.63) is 71.7 Å². The van der Waals surface area contributed by atoms with Gasteiger partial charge in [-0.05, 0) is 91.1 Å². The highest BCUT2D eigenvalue weighted by Crippen LogP contribution is 2.69. The minimum absolute atomic E-state index is 0.173. The van der Waals surface area contributed by atoms with Crippen molar-refractivity contribution in [1.82, 2.24) is 0 Å². The lowest BCUT2D eigenvalue weighted by molar-refractivity contribution is -0.168. The van der Waals surface area contributed by atoms with Crippen LogP contribution in [-0.4, -0.2) is 13.1 Å². The molecule has 1 aromatic carbocycles. The number of rotatable bonds is 7. The summed E-state index contributed by atoms with van der Waals surface area (Å²) in [6.07, 6.45) is 13.2. The van der Waals surface area contributed by atoms with E-state index in [1.807, 2.05) is 36.4 Å². The molecule has 7 atom stereocenters. The first-order valence-electron chi connectivity index (χ1n) is 14.6. The van der Waals surface area contributed by atoms with Crippen molar-refractivity contribution in [2.45, 2.75) is 91.8 Å². The van der Waals surface area contributed by atoms with E-state index in [0.29, 0.717) is 22.7 Å². The molecule has 2 fully saturated rings. The van der Waals surface area contributed by atoms with Gasteiger partial charge < -0.3 is 13.9 Å². The zero-order chi connectivity index (χ0) is 27.1. The molecule has 0 unspecified atom stereocenters. The highest BCUT2D eigenvalue weighted by atomic mass is 16.6. The van der Waals surface area contributed by atoms with Crippen LogP contribution in [0.5, 0.6) is 0 Å². The molecule has 0 spiro atoms. The lowest BCUT2D eigenvalue weighted by Gasteiger charge is -2.65. The normalized spacial score (nSPS) is 33.8. The topological polar surface area (TPSA) is 48.7 Å². The van der Waals surface area contributed by atoms with Crippen molar-refractivity contribution in [1.29, 1.82) is 0 Å². The Morgan fingerprint density at radius 3 is 2.45 bits per heavy atom. The zero-order valence-electron chi connectivity index (χ0n) is 24.2. The smallest absolute Gasteiger partial charge is 0.340 e. The largest absolute Gasteiger partial charge is 0.472 e. The van der Waals surface area contributed by atoms with E-state index in [9.17, 15) is 4.79 Å². The molecule has 1 heterocycles. The number of carbonyl (C=O) groups excluding carboxylic acids is 1. The first-order chi connectivity index (χ1) is 18.1. The molecule has 38 heavy (non-hydrogen) atoms. The van der Waals surface area contributed by atoms with E-state index in [1.54, 1.807) is 19.6 Å². The third-order valence-electron chi connectivity index (χ3n) is 11.0. The van der Waals surface area contributed by atoms with Gasteiger partial charge in [-0.3, -0.25) is 0 Å². The second kappa shape index (κ2) is 10.3. The van der Waals surface area contributed by atoms with E-state index in [-0.39, 0.29) is 17.5 Å². The second-order valence-electron chi connectivity index (χ2n) is 13.5. The molecule has 2 saturated carbocycles. The molecule has 1 aromatic heterocycles. The van der Waals surface area contributed by atoms with Crippen LogP contribution in [0, 0.1) is 34.0 Å². The van der Waals surface area contributed by atoms with Crippen LogP contribution < -0.4 is 0 Å². The fourth-order valence-corrected chi connectivity index (χ4v) is 9.19. The Morgan fingerprint density at radius 1 is 1.00 bits per heavy atom. The summed E-state index contributed by atoms with van der Waals surface area (Å²) >= 11 is 0. The third-order valence-corrected chi connectivity index (χ3v) is 11.0. The monoisotopic (exact) mass is 518 g/mol. The number of allylic oxidation sites excluding steroid dienone is 2. The maximum atomic E-state index is 13.5. The van der Waals surface area contributed by atoms with E-state index in [4.69, 9.17) is 13.9 Å². The summed E-state index contributed by atoms with van der Waals surface area (Å²) < 4.78 is 17.4. The van der Waals surface area contributed by atoms with E-state index in [2.05, 4.69) is 40.7 Å². The number of fused-ring (bicyclic) bond motifs is 3. The van der Waals surface area contributed by atoms with Gasteiger partial charge in [-0.2, -0.15) is 0 Å². The Hall–Kier alpha value is -2.33. The van der Waals surface area contributed by atoms with Gasteiger partial charge in [0, 0.05) is 12.7 Å². The first-order valence-corrected chi connectivity index (χ1v) is 14.6. The highest BCUT2D eigenvalue weighted by Gasteiger charge is 2.60. The maximum Gasteiger partial charge on any atom is 0.340 e. The van der Waals surface area contributed by atoms with Crippen molar-refractivity contribution in [2.75, 3.05) is 7.11 Å². The van der Waals surface area contributed by atoms with Gasteiger partial charge in [0.2, 0.25) is 0 Å². The summed E-state index contributed by atoms with van der Waals surface area (Å²) in [5.74, 6) is 1.40. The summed E-state index contributed by atoms with van der Waals surface area (Å²) in [7, 11) is 1.57. The molecule has 0 aliphatic heterocycles. The van der Waals surface area contributed by atoms with Crippen molar-refractivity contribution in [3.8, 4) is 0 Å². The van der Waals surface area contributed by atoms with Gasteiger partial charge in [0.15, 0.2) is 6.10 Å². The molecule has 3 aliphatic rings. The number of benzene rings is 1. The van der Waals surface area contributed by atoms with Gasteiger partial charge in [0.1, 0.15) is 6.10 Å². The molecule has 3 aliphatic carbocycles. The molecular formula is C34H46O4. The summed E-state index contributed by atoms with van der Waals surface area (Å²) in [5.41, 5.74) is 4.08. The molecule has 4 heteroatoms.